The molecule has 0 amide bonds. The van der Waals surface area contributed by atoms with Gasteiger partial charge in [0.05, 0.1) is 0 Å². The summed E-state index contributed by atoms with van der Waals surface area (Å²) in [6.07, 6.45) is 1.00. The van der Waals surface area contributed by atoms with E-state index < -0.39 is 0 Å². The minimum absolute atomic E-state index is 0.228. The Labute approximate surface area is 108 Å². The van der Waals surface area contributed by atoms with Crippen LogP contribution in [0, 0.1) is 12.7 Å². The Balaban J connectivity index is 2.07. The average Bonchev–Trinajstić information content (AvgIpc) is 2.35. The minimum atomic E-state index is -0.228. The number of benzene rings is 1. The Morgan fingerprint density at radius 1 is 1.22 bits per heavy atom. The Morgan fingerprint density at radius 2 is 2.06 bits per heavy atom. The Bertz CT molecular complexity index is 345. The van der Waals surface area contributed by atoms with Crippen molar-refractivity contribution in [3.63, 3.8) is 0 Å². The maximum atomic E-state index is 12.9. The highest BCUT2D eigenvalue weighted by Crippen LogP contribution is 2.17. The second-order valence-electron chi connectivity index (χ2n) is 4.06. The number of ether oxygens (including phenoxy) is 2. The molecule has 0 saturated carbocycles. The molecule has 102 valence electrons. The van der Waals surface area contributed by atoms with Crippen molar-refractivity contribution in [2.24, 2.45) is 0 Å². The number of nitrogens with one attached hydrogen (secondary N) is 1. The number of halogens is 1. The summed E-state index contributed by atoms with van der Waals surface area (Å²) in [5.74, 6) is 0.515. The standard InChI is InChI=1S/C14H22FNO2/c1-3-17-9-4-7-16-8-10-18-14-6-5-13(15)11-12(14)2/h5-6,11,16H,3-4,7-10H2,1-2H3. The van der Waals surface area contributed by atoms with Gasteiger partial charge in [-0.05, 0) is 50.6 Å². The quantitative estimate of drug-likeness (QED) is 0.688. The van der Waals surface area contributed by atoms with Crippen LogP contribution in [0.5, 0.6) is 5.75 Å². The lowest BCUT2D eigenvalue weighted by molar-refractivity contribution is 0.144. The molecule has 0 aliphatic heterocycles. The molecule has 0 spiro atoms. The Morgan fingerprint density at radius 3 is 2.78 bits per heavy atom. The van der Waals surface area contributed by atoms with Gasteiger partial charge in [-0.15, -0.1) is 0 Å². The van der Waals surface area contributed by atoms with Crippen LogP contribution < -0.4 is 10.1 Å². The van der Waals surface area contributed by atoms with E-state index in [2.05, 4.69) is 5.32 Å². The minimum Gasteiger partial charge on any atom is -0.492 e. The van der Waals surface area contributed by atoms with Crippen molar-refractivity contribution in [1.82, 2.24) is 5.32 Å². The molecule has 4 heteroatoms. The van der Waals surface area contributed by atoms with Crippen molar-refractivity contribution in [3.8, 4) is 5.75 Å². The van der Waals surface area contributed by atoms with Crippen molar-refractivity contribution >= 4 is 0 Å². The summed E-state index contributed by atoms with van der Waals surface area (Å²) < 4.78 is 23.6. The molecule has 0 aromatic heterocycles. The van der Waals surface area contributed by atoms with Crippen LogP contribution in [0.2, 0.25) is 0 Å². The lowest BCUT2D eigenvalue weighted by atomic mass is 10.2. The van der Waals surface area contributed by atoms with Gasteiger partial charge in [0.1, 0.15) is 18.2 Å². The molecule has 1 N–H and O–H groups in total. The molecule has 0 atom stereocenters. The lowest BCUT2D eigenvalue weighted by Crippen LogP contribution is -2.23. The van der Waals surface area contributed by atoms with Crippen LogP contribution in [0.15, 0.2) is 18.2 Å². The predicted octanol–water partition coefficient (Wildman–Crippen LogP) is 2.53. The monoisotopic (exact) mass is 255 g/mol. The second-order valence-corrected chi connectivity index (χ2v) is 4.06. The maximum absolute atomic E-state index is 12.9. The average molecular weight is 255 g/mol. The molecular weight excluding hydrogens is 233 g/mol. The summed E-state index contributed by atoms with van der Waals surface area (Å²) in [6.45, 7) is 7.68. The maximum Gasteiger partial charge on any atom is 0.123 e. The fraction of sp³-hybridized carbons (Fsp3) is 0.571. The van der Waals surface area contributed by atoms with E-state index >= 15 is 0 Å². The first-order valence-corrected chi connectivity index (χ1v) is 6.41. The number of hydrogen-bond acceptors (Lipinski definition) is 3. The van der Waals surface area contributed by atoms with E-state index in [4.69, 9.17) is 9.47 Å². The van der Waals surface area contributed by atoms with Crippen molar-refractivity contribution in [2.75, 3.05) is 32.9 Å². The third kappa shape index (κ3) is 5.98. The van der Waals surface area contributed by atoms with E-state index in [0.29, 0.717) is 6.61 Å². The fourth-order valence-electron chi connectivity index (χ4n) is 1.58. The molecule has 0 saturated heterocycles. The molecule has 18 heavy (non-hydrogen) atoms. The normalized spacial score (nSPS) is 10.6. The van der Waals surface area contributed by atoms with Gasteiger partial charge in [-0.3, -0.25) is 0 Å². The molecule has 0 unspecified atom stereocenters. The summed E-state index contributed by atoms with van der Waals surface area (Å²) in [4.78, 5) is 0. The van der Waals surface area contributed by atoms with Gasteiger partial charge >= 0.3 is 0 Å². The highest BCUT2D eigenvalue weighted by Gasteiger charge is 2.00. The zero-order valence-corrected chi connectivity index (χ0v) is 11.2. The van der Waals surface area contributed by atoms with Crippen molar-refractivity contribution in [3.05, 3.63) is 29.6 Å². The first-order valence-electron chi connectivity index (χ1n) is 6.41. The van der Waals surface area contributed by atoms with Gasteiger partial charge in [0.15, 0.2) is 0 Å². The van der Waals surface area contributed by atoms with Gasteiger partial charge in [0.25, 0.3) is 0 Å². The number of aryl methyl sites for hydroxylation is 1. The first-order chi connectivity index (χ1) is 8.74. The van der Waals surface area contributed by atoms with Gasteiger partial charge in [0.2, 0.25) is 0 Å². The second kappa shape index (κ2) is 8.89. The summed E-state index contributed by atoms with van der Waals surface area (Å²) in [7, 11) is 0. The molecule has 1 aromatic rings. The summed E-state index contributed by atoms with van der Waals surface area (Å²) in [6, 6.07) is 4.56. The van der Waals surface area contributed by atoms with E-state index in [1.54, 1.807) is 6.07 Å². The van der Waals surface area contributed by atoms with Crippen molar-refractivity contribution < 1.29 is 13.9 Å². The van der Waals surface area contributed by atoms with Crippen LogP contribution in [0.1, 0.15) is 18.9 Å². The Kier molecular flexibility index (Phi) is 7.37. The van der Waals surface area contributed by atoms with E-state index in [-0.39, 0.29) is 5.82 Å². The van der Waals surface area contributed by atoms with Crippen LogP contribution in [-0.4, -0.2) is 32.9 Å². The van der Waals surface area contributed by atoms with Gasteiger partial charge in [-0.1, -0.05) is 0 Å². The van der Waals surface area contributed by atoms with Gasteiger partial charge in [0, 0.05) is 19.8 Å². The van der Waals surface area contributed by atoms with Crippen molar-refractivity contribution in [1.29, 1.82) is 0 Å². The highest BCUT2D eigenvalue weighted by molar-refractivity contribution is 5.32. The topological polar surface area (TPSA) is 30.5 Å². The molecule has 1 aromatic carbocycles. The molecule has 0 fully saturated rings. The summed E-state index contributed by atoms with van der Waals surface area (Å²) in [5, 5.41) is 3.27. The molecule has 1 rings (SSSR count). The van der Waals surface area contributed by atoms with E-state index in [1.165, 1.54) is 12.1 Å². The zero-order chi connectivity index (χ0) is 13.2. The highest BCUT2D eigenvalue weighted by atomic mass is 19.1. The molecule has 0 bridgehead atoms. The van der Waals surface area contributed by atoms with Crippen LogP contribution in [0.25, 0.3) is 0 Å². The number of hydrogen-bond donors (Lipinski definition) is 1. The third-order valence-electron chi connectivity index (χ3n) is 2.52. The van der Waals surface area contributed by atoms with Gasteiger partial charge < -0.3 is 14.8 Å². The van der Waals surface area contributed by atoms with Crippen LogP contribution in [0.4, 0.5) is 4.39 Å². The molecule has 0 aliphatic rings. The van der Waals surface area contributed by atoms with Crippen LogP contribution >= 0.6 is 0 Å². The zero-order valence-electron chi connectivity index (χ0n) is 11.2. The molecule has 0 aliphatic carbocycles. The summed E-state index contributed by atoms with van der Waals surface area (Å²) >= 11 is 0. The fourth-order valence-corrected chi connectivity index (χ4v) is 1.58. The van der Waals surface area contributed by atoms with E-state index in [1.807, 2.05) is 13.8 Å². The smallest absolute Gasteiger partial charge is 0.123 e. The molecule has 0 radical (unpaired) electrons. The van der Waals surface area contributed by atoms with Gasteiger partial charge in [-0.2, -0.15) is 0 Å². The SMILES string of the molecule is CCOCCCNCCOc1ccc(F)cc1C. The summed E-state index contributed by atoms with van der Waals surface area (Å²) in [5.41, 5.74) is 0.825. The Hall–Kier alpha value is -1.13. The van der Waals surface area contributed by atoms with E-state index in [0.717, 1.165) is 44.0 Å². The first kappa shape index (κ1) is 14.9. The van der Waals surface area contributed by atoms with Crippen molar-refractivity contribution in [2.45, 2.75) is 20.3 Å². The lowest BCUT2D eigenvalue weighted by Gasteiger charge is -2.09. The van der Waals surface area contributed by atoms with Crippen LogP contribution in [-0.2, 0) is 4.74 Å². The molecule has 0 heterocycles. The largest absolute Gasteiger partial charge is 0.492 e. The van der Waals surface area contributed by atoms with Crippen LogP contribution in [0.3, 0.4) is 0 Å². The predicted molar refractivity (Wildman–Crippen MR) is 70.6 cm³/mol. The molecule has 3 nitrogen and oxygen atoms in total. The third-order valence-corrected chi connectivity index (χ3v) is 2.52. The van der Waals surface area contributed by atoms with E-state index in [9.17, 15) is 4.39 Å². The number of rotatable bonds is 9. The van der Waals surface area contributed by atoms with Gasteiger partial charge in [-0.25, -0.2) is 4.39 Å². The molecular formula is C14H22FNO2.